The lowest BCUT2D eigenvalue weighted by Gasteiger charge is -2.40. The number of rotatable bonds is 19. The number of unbranched alkanes of at least 4 members (excludes halogenated alkanes) is 1. The van der Waals surface area contributed by atoms with E-state index in [1.165, 1.54) is 94.5 Å². The van der Waals surface area contributed by atoms with Crippen molar-refractivity contribution in [3.05, 3.63) is 0 Å². The average molecular weight is 1280 g/mol. The molecule has 1 heterocycles. The van der Waals surface area contributed by atoms with Gasteiger partial charge in [0.15, 0.2) is 11.8 Å². The van der Waals surface area contributed by atoms with Crippen LogP contribution >= 0.6 is 11.8 Å². The zero-order valence-electron chi connectivity index (χ0n) is 58.7. The molecule has 0 aromatic rings. The SMILES string of the molecule is CCCC[C@@H](C)C(=O)[C@H]1C(=O)N[C@@H](CC)C(=O)N(C)CC(=O)N(C)[C@@H](CC(C)(C)OCSC)C(=O)N[C@@H](C(C)C)C(=O)N(C)[C@@H](CC(C)C)C(=O)N[C@@H](C)C(=O)N[C@H](C)C(=O)N(C)[C@@H](CC(C)C)C(=O)N(C)[C@@H](CC(C)C)C(=O)N(C)[C@@H](C(C)C)C(=O)N1C. The maximum absolute atomic E-state index is 15.2. The molecule has 4 N–H and O–H groups in total. The molecular weight excluding hydrogens is 1160 g/mol. The molecule has 24 nitrogen and oxygen atoms in total. The minimum atomic E-state index is -1.79. The number of nitrogens with one attached hydrogen (secondary N) is 4. The molecule has 1 saturated heterocycles. The molecule has 11 atom stereocenters. The van der Waals surface area contributed by atoms with E-state index >= 15 is 9.59 Å². The third-order valence-corrected chi connectivity index (χ3v) is 17.0. The van der Waals surface area contributed by atoms with E-state index in [1.54, 1.807) is 55.4 Å². The number of ether oxygens (including phenoxy) is 1. The Kier molecular flexibility index (Phi) is 33.6. The number of likely N-dealkylation sites (N-methyl/N-ethyl adjacent to an activating group) is 7. The van der Waals surface area contributed by atoms with Gasteiger partial charge in [-0.2, -0.15) is 0 Å². The van der Waals surface area contributed by atoms with Gasteiger partial charge in [-0.1, -0.05) is 103 Å². The number of thioether (sulfide) groups is 1. The second-order valence-corrected chi connectivity index (χ2v) is 27.9. The molecule has 0 saturated carbocycles. The van der Waals surface area contributed by atoms with E-state index in [1.807, 2.05) is 54.7 Å². The van der Waals surface area contributed by atoms with Gasteiger partial charge in [-0.05, 0) is 95.6 Å². The molecule has 0 radical (unpaired) electrons. The summed E-state index contributed by atoms with van der Waals surface area (Å²) in [7, 11) is 9.78. The van der Waals surface area contributed by atoms with Gasteiger partial charge in [0.05, 0.1) is 18.1 Å². The number of hydrogen-bond donors (Lipinski definition) is 4. The average Bonchev–Trinajstić information content (AvgIpc) is 3.31. The molecule has 0 aliphatic carbocycles. The zero-order chi connectivity index (χ0) is 69.0. The van der Waals surface area contributed by atoms with Gasteiger partial charge >= 0.3 is 0 Å². The largest absolute Gasteiger partial charge is 0.365 e. The first-order valence-corrected chi connectivity index (χ1v) is 33.2. The summed E-state index contributed by atoms with van der Waals surface area (Å²) in [5.74, 6) is -10.6. The van der Waals surface area contributed by atoms with Gasteiger partial charge in [0.25, 0.3) is 5.91 Å². The maximum atomic E-state index is 15.2. The van der Waals surface area contributed by atoms with E-state index in [9.17, 15) is 47.9 Å². The molecule has 0 bridgehead atoms. The van der Waals surface area contributed by atoms with Crippen molar-refractivity contribution in [2.75, 3.05) is 68.1 Å². The van der Waals surface area contributed by atoms with Crippen LogP contribution in [0.15, 0.2) is 0 Å². The molecule has 1 aliphatic rings. The first-order valence-electron chi connectivity index (χ1n) is 31.8. The highest BCUT2D eigenvalue weighted by atomic mass is 32.2. The van der Waals surface area contributed by atoms with E-state index in [4.69, 9.17) is 4.74 Å². The molecule has 1 fully saturated rings. The minimum absolute atomic E-state index is 0.0158. The van der Waals surface area contributed by atoms with E-state index in [0.717, 1.165) is 21.1 Å². The molecule has 0 spiro atoms. The number of amides is 11. The van der Waals surface area contributed by atoms with Crippen LogP contribution in [0.25, 0.3) is 0 Å². The van der Waals surface area contributed by atoms with Gasteiger partial charge in [0, 0.05) is 61.7 Å². The Balaban J connectivity index is 4.40. The van der Waals surface area contributed by atoms with Gasteiger partial charge in [-0.3, -0.25) is 57.5 Å². The quantitative estimate of drug-likeness (QED) is 0.104. The fraction of sp³-hybridized carbons (Fsp3) is 0.812. The summed E-state index contributed by atoms with van der Waals surface area (Å²) >= 11 is 1.40. The Bertz CT molecular complexity index is 2440. The van der Waals surface area contributed by atoms with Gasteiger partial charge in [0.2, 0.25) is 59.1 Å². The summed E-state index contributed by atoms with van der Waals surface area (Å²) in [6, 6.07) is -12.9. The zero-order valence-corrected chi connectivity index (χ0v) is 59.5. The van der Waals surface area contributed by atoms with E-state index in [2.05, 4.69) is 21.3 Å². The van der Waals surface area contributed by atoms with Crippen molar-refractivity contribution in [1.29, 1.82) is 0 Å². The van der Waals surface area contributed by atoms with Crippen LogP contribution in [0.2, 0.25) is 0 Å². The summed E-state index contributed by atoms with van der Waals surface area (Å²) in [6.07, 6.45) is 3.91. The van der Waals surface area contributed by atoms with Crippen molar-refractivity contribution in [2.24, 2.45) is 35.5 Å². The fourth-order valence-corrected chi connectivity index (χ4v) is 11.4. The monoisotopic (exact) mass is 1280 g/mol. The maximum Gasteiger partial charge on any atom is 0.251 e. The van der Waals surface area contributed by atoms with Crippen molar-refractivity contribution >= 4 is 82.5 Å². The van der Waals surface area contributed by atoms with Crippen LogP contribution in [0, 0.1) is 35.5 Å². The fourth-order valence-electron chi connectivity index (χ4n) is 11.0. The Labute approximate surface area is 536 Å². The summed E-state index contributed by atoms with van der Waals surface area (Å²) in [4.78, 5) is 184. The van der Waals surface area contributed by atoms with Crippen LogP contribution < -0.4 is 21.3 Å². The standard InChI is InChI=1S/C64H115N11O13S/c1-26-28-29-41(13)53(77)52-57(81)67-44(27-2)59(83)69(18)34-49(76)70(19)48(33-64(16,17)88-35-89-25)56(80)68-50(39(9)10)62(86)71(20)45(30-36(3)4)55(79)65-42(14)54(78)66-43(15)58(82)72(21)46(31-37(5)6)60(84)73(22)47(32-38(7)8)61(85)74(23)51(40(11)12)63(87)75(52)24/h36-48,50-52H,26-35H2,1-25H3,(H,65,79)(H,66,78)(H,67,81)(H,68,80)/t41-,42+,43-,44+,45+,46+,47+,48+,50+,51+,52+/m1/s1. The molecule has 11 amide bonds. The Hall–Kier alpha value is -5.85. The number of Topliss-reactive ketones (excluding diaryl/α,β-unsaturated/α-hetero) is 1. The van der Waals surface area contributed by atoms with Crippen molar-refractivity contribution in [3.8, 4) is 0 Å². The van der Waals surface area contributed by atoms with Crippen LogP contribution in [-0.2, 0) is 62.3 Å². The number of carbonyl (C=O) groups excluding carboxylic acids is 12. The van der Waals surface area contributed by atoms with Crippen LogP contribution in [0.5, 0.6) is 0 Å². The minimum Gasteiger partial charge on any atom is -0.365 e. The van der Waals surface area contributed by atoms with E-state index in [0.29, 0.717) is 12.8 Å². The molecule has 1 rings (SSSR count). The number of carbonyl (C=O) groups is 12. The van der Waals surface area contributed by atoms with Gasteiger partial charge in [-0.25, -0.2) is 0 Å². The van der Waals surface area contributed by atoms with Crippen LogP contribution in [0.4, 0.5) is 0 Å². The molecule has 25 heteroatoms. The normalized spacial score (nSPS) is 25.9. The Morgan fingerprint density at radius 2 is 1.01 bits per heavy atom. The summed E-state index contributed by atoms with van der Waals surface area (Å²) in [5, 5.41) is 11.0. The lowest BCUT2D eigenvalue weighted by atomic mass is 9.91. The van der Waals surface area contributed by atoms with Crippen molar-refractivity contribution < 1.29 is 62.3 Å². The topological polar surface area (TPSA) is 285 Å². The van der Waals surface area contributed by atoms with Crippen molar-refractivity contribution in [3.63, 3.8) is 0 Å². The first-order chi connectivity index (χ1) is 41.1. The third kappa shape index (κ3) is 23.4. The molecular formula is C64H115N11O13S. The lowest BCUT2D eigenvalue weighted by molar-refractivity contribution is -0.157. The molecule has 89 heavy (non-hydrogen) atoms. The highest BCUT2D eigenvalue weighted by Crippen LogP contribution is 2.26. The van der Waals surface area contributed by atoms with E-state index in [-0.39, 0.29) is 55.8 Å². The molecule has 0 aromatic heterocycles. The molecule has 0 unspecified atom stereocenters. The summed E-state index contributed by atoms with van der Waals surface area (Å²) < 4.78 is 6.11. The number of ketones is 1. The summed E-state index contributed by atoms with van der Waals surface area (Å²) in [5.41, 5.74) is -1.02. The molecule has 510 valence electrons. The van der Waals surface area contributed by atoms with Gasteiger partial charge in [0.1, 0.15) is 54.4 Å². The number of hydrogen-bond acceptors (Lipinski definition) is 14. The Morgan fingerprint density at radius 1 is 0.539 bits per heavy atom. The second kappa shape index (κ2) is 36.9. The predicted molar refractivity (Wildman–Crippen MR) is 346 cm³/mol. The van der Waals surface area contributed by atoms with Gasteiger partial charge < -0.3 is 60.3 Å². The smallest absolute Gasteiger partial charge is 0.251 e. The van der Waals surface area contributed by atoms with Gasteiger partial charge in [-0.15, -0.1) is 11.8 Å². The van der Waals surface area contributed by atoms with Crippen LogP contribution in [0.1, 0.15) is 169 Å². The highest BCUT2D eigenvalue weighted by Gasteiger charge is 2.46. The highest BCUT2D eigenvalue weighted by molar-refractivity contribution is 7.98. The molecule has 1 aliphatic heterocycles. The number of nitrogens with zero attached hydrogens (tertiary/aromatic N) is 7. The van der Waals surface area contributed by atoms with Crippen molar-refractivity contribution in [2.45, 2.75) is 235 Å². The predicted octanol–water partition coefficient (Wildman–Crippen LogP) is 4.16. The second-order valence-electron chi connectivity index (χ2n) is 27.1. The lowest BCUT2D eigenvalue weighted by Crippen LogP contribution is -2.63. The molecule has 0 aromatic carbocycles. The third-order valence-electron chi connectivity index (χ3n) is 16.7. The first kappa shape index (κ1) is 81.2. The van der Waals surface area contributed by atoms with Crippen LogP contribution in [-0.4, -0.2) is 239 Å². The van der Waals surface area contributed by atoms with Crippen LogP contribution in [0.3, 0.4) is 0 Å². The van der Waals surface area contributed by atoms with Crippen molar-refractivity contribution in [1.82, 2.24) is 55.6 Å². The Morgan fingerprint density at radius 3 is 1.48 bits per heavy atom. The van der Waals surface area contributed by atoms with E-state index < -0.39 is 161 Å². The summed E-state index contributed by atoms with van der Waals surface area (Å²) in [6.45, 7) is 29.0.